The van der Waals surface area contributed by atoms with Gasteiger partial charge in [0.05, 0.1) is 0 Å². The average molecular weight is 615 g/mol. The second kappa shape index (κ2) is 12.4. The van der Waals surface area contributed by atoms with E-state index in [1.54, 1.807) is 0 Å². The van der Waals surface area contributed by atoms with E-state index in [9.17, 15) is 0 Å². The zero-order valence-corrected chi connectivity index (χ0v) is 17.0. The van der Waals surface area contributed by atoms with Crippen LogP contribution in [0.2, 0.25) is 0 Å². The predicted octanol–water partition coefficient (Wildman–Crippen LogP) is -6.03. The van der Waals surface area contributed by atoms with Crippen LogP contribution in [0.3, 0.4) is 0 Å². The van der Waals surface area contributed by atoms with E-state index >= 15 is 0 Å². The fourth-order valence-electron chi connectivity index (χ4n) is 1.38. The topological polar surface area (TPSA) is 0 Å². The summed E-state index contributed by atoms with van der Waals surface area (Å²) in [5, 5.41) is 0. The predicted molar refractivity (Wildman–Crippen MR) is 48.0 cm³/mol. The summed E-state index contributed by atoms with van der Waals surface area (Å²) in [4.78, 5) is 0. The van der Waals surface area contributed by atoms with E-state index in [1.807, 2.05) is 0 Å². The molecule has 2 aliphatic rings. The molecule has 0 aromatic carbocycles. The quantitative estimate of drug-likeness (QED) is 0.215. The van der Waals surface area contributed by atoms with E-state index in [4.69, 9.17) is 0 Å². The van der Waals surface area contributed by atoms with E-state index in [0.29, 0.717) is 0 Å². The van der Waals surface area contributed by atoms with Gasteiger partial charge in [-0.15, -0.1) is 12.2 Å². The maximum absolute atomic E-state index is 2.28. The average Bonchev–Trinajstić information content (AvgIpc) is 2.60. The second-order valence-corrected chi connectivity index (χ2v) is 2.89. The molecule has 0 nitrogen and oxygen atoms in total. The van der Waals surface area contributed by atoms with Gasteiger partial charge in [-0.25, -0.2) is 0 Å². The summed E-state index contributed by atoms with van der Waals surface area (Å²) in [6.45, 7) is 0. The van der Waals surface area contributed by atoms with Gasteiger partial charge < -0.3 is 71.9 Å². The Labute approximate surface area is 162 Å². The Balaban J connectivity index is -0.000000360. The van der Waals surface area contributed by atoms with Crippen molar-refractivity contribution in [3.63, 3.8) is 0 Å². The minimum Gasteiger partial charge on any atom is -1.00 e. The minimum atomic E-state index is 0. The number of allylic oxidation sites excluding steroid dienone is 8. The Morgan fingerprint density at radius 3 is 1.47 bits per heavy atom. The monoisotopic (exact) mass is 614 g/mol. The van der Waals surface area contributed by atoms with E-state index < -0.39 is 0 Å². The molecule has 0 aromatic heterocycles. The van der Waals surface area contributed by atoms with Gasteiger partial charge in [0.25, 0.3) is 0 Å². The summed E-state index contributed by atoms with van der Waals surface area (Å²) in [7, 11) is 0. The summed E-state index contributed by atoms with van der Waals surface area (Å²) in [6, 6.07) is 0. The molecule has 4 heteroatoms. The first-order valence-electron chi connectivity index (χ1n) is 4.01. The van der Waals surface area contributed by atoms with Gasteiger partial charge in [0.2, 0.25) is 0 Å². The van der Waals surface area contributed by atoms with Crippen LogP contribution in [0.5, 0.6) is 0 Å². The third kappa shape index (κ3) is 7.76. The van der Waals surface area contributed by atoms with Gasteiger partial charge in [-0.2, -0.15) is 29.7 Å². The fraction of sp³-hybridized carbons (Fsp3) is 0.182. The Kier molecular flexibility index (Phi) is 18.2. The molecule has 0 spiro atoms. The van der Waals surface area contributed by atoms with Crippen molar-refractivity contribution < 1.29 is 98.1 Å². The zero-order chi connectivity index (χ0) is 7.52. The van der Waals surface area contributed by atoms with Crippen LogP contribution in [0.4, 0.5) is 0 Å². The molecule has 0 aromatic rings. The molecule has 0 saturated heterocycles. The van der Waals surface area contributed by atoms with Crippen molar-refractivity contribution in [2.45, 2.75) is 12.8 Å². The summed E-state index contributed by atoms with van der Waals surface area (Å²) in [5.74, 6) is 0. The number of rotatable bonds is 2. The molecule has 2 aliphatic carbocycles. The fourth-order valence-corrected chi connectivity index (χ4v) is 1.38. The number of hydrogen-bond donors (Lipinski definition) is 0. The van der Waals surface area contributed by atoms with Crippen LogP contribution in [0.25, 0.3) is 0 Å². The molecule has 0 unspecified atom stereocenters. The van der Waals surface area contributed by atoms with Crippen LogP contribution < -0.4 is 71.9 Å². The van der Waals surface area contributed by atoms with E-state index in [-0.39, 0.29) is 98.1 Å². The van der Waals surface area contributed by atoms with Crippen LogP contribution in [0.1, 0.15) is 12.8 Å². The Morgan fingerprint density at radius 1 is 0.800 bits per heavy atom. The van der Waals surface area contributed by atoms with Gasteiger partial charge in [-0.1, -0.05) is 12.2 Å². The third-order valence-corrected chi connectivity index (χ3v) is 1.97. The van der Waals surface area contributed by atoms with Gasteiger partial charge >= 0.3 is 26.2 Å². The standard InChI is InChI=1S/C11H11.3HI.Zr/c1-2-6-10(5-1)9-11-7-3-4-8-11;;;;/h1-5,7,9H,6,8H2;3*1H;/q-1;;;;+4/p-3. The van der Waals surface area contributed by atoms with Gasteiger partial charge in [-0.3, -0.25) is 0 Å². The SMILES string of the molecule is C1=CCC([CH-]C2=CC=CC2)=C1.[I-].[I-].[I-].[Zr+4]. The molecule has 0 atom stereocenters. The molecule has 2 rings (SSSR count). The summed E-state index contributed by atoms with van der Waals surface area (Å²) in [5.41, 5.74) is 2.86. The molecule has 0 bridgehead atoms. The first kappa shape index (κ1) is 22.1. The molecule has 0 amide bonds. The maximum Gasteiger partial charge on any atom is 4.00 e. The minimum absolute atomic E-state index is 0. The number of halogens is 3. The third-order valence-electron chi connectivity index (χ3n) is 1.97. The van der Waals surface area contributed by atoms with Crippen molar-refractivity contribution in [2.75, 3.05) is 0 Å². The van der Waals surface area contributed by atoms with E-state index in [2.05, 4.69) is 42.9 Å². The molecule has 0 heterocycles. The van der Waals surface area contributed by atoms with Crippen molar-refractivity contribution in [3.05, 3.63) is 54.0 Å². The molecular formula is C11H11I3Zr. The first-order valence-corrected chi connectivity index (χ1v) is 4.01. The molecule has 0 aliphatic heterocycles. The van der Waals surface area contributed by atoms with Crippen LogP contribution in [-0.4, -0.2) is 0 Å². The molecular weight excluding hydrogens is 604 g/mol. The summed E-state index contributed by atoms with van der Waals surface area (Å²) < 4.78 is 0. The normalized spacial score (nSPS) is 14.9. The van der Waals surface area contributed by atoms with Crippen molar-refractivity contribution in [2.24, 2.45) is 0 Å². The van der Waals surface area contributed by atoms with Crippen molar-refractivity contribution in [1.29, 1.82) is 0 Å². The Morgan fingerprint density at radius 2 is 1.20 bits per heavy atom. The largest absolute Gasteiger partial charge is 4.00 e. The molecule has 0 saturated carbocycles. The van der Waals surface area contributed by atoms with Crippen LogP contribution >= 0.6 is 0 Å². The van der Waals surface area contributed by atoms with Gasteiger partial charge in [-0.05, 0) is 12.8 Å². The molecule has 0 N–H and O–H groups in total. The van der Waals surface area contributed by atoms with Crippen molar-refractivity contribution in [3.8, 4) is 0 Å². The van der Waals surface area contributed by atoms with Crippen LogP contribution in [-0.2, 0) is 26.2 Å². The second-order valence-electron chi connectivity index (χ2n) is 2.89. The maximum atomic E-state index is 2.28. The number of hydrogen-bond acceptors (Lipinski definition) is 0. The Bertz CT molecular complexity index is 250. The summed E-state index contributed by atoms with van der Waals surface area (Å²) >= 11 is 0. The van der Waals surface area contributed by atoms with E-state index in [1.165, 1.54) is 11.1 Å². The van der Waals surface area contributed by atoms with Crippen molar-refractivity contribution >= 4 is 0 Å². The van der Waals surface area contributed by atoms with Crippen LogP contribution in [0, 0.1) is 6.42 Å². The van der Waals surface area contributed by atoms with Crippen molar-refractivity contribution in [1.82, 2.24) is 0 Å². The molecule has 15 heavy (non-hydrogen) atoms. The first-order chi connectivity index (χ1) is 5.45. The molecule has 0 fully saturated rings. The molecule has 0 radical (unpaired) electrons. The smallest absolute Gasteiger partial charge is 1.00 e. The Hall–Kier alpha value is 1.90. The summed E-state index contributed by atoms with van der Waals surface area (Å²) in [6.07, 6.45) is 17.5. The van der Waals surface area contributed by atoms with Gasteiger partial charge in [0.1, 0.15) is 0 Å². The van der Waals surface area contributed by atoms with Gasteiger partial charge in [0, 0.05) is 0 Å². The van der Waals surface area contributed by atoms with Gasteiger partial charge in [0.15, 0.2) is 0 Å². The zero-order valence-electron chi connectivity index (χ0n) is 8.09. The molecule has 80 valence electrons. The van der Waals surface area contributed by atoms with Crippen LogP contribution in [0.15, 0.2) is 47.6 Å². The van der Waals surface area contributed by atoms with E-state index in [0.717, 1.165) is 12.8 Å².